The normalized spacial score (nSPS) is 22.7. The number of hydrogen-bond donors (Lipinski definition) is 3. The first-order valence-electron chi connectivity index (χ1n) is 8.14. The molecule has 0 bridgehead atoms. The molecule has 0 aromatic carbocycles. The number of carbonyl (C=O) groups is 2. The number of aliphatic hydroxyl groups excluding tert-OH is 1. The number of thiophene rings is 1. The van der Waals surface area contributed by atoms with Gasteiger partial charge in [-0.15, -0.1) is 11.3 Å². The van der Waals surface area contributed by atoms with Crippen LogP contribution in [0.1, 0.15) is 39.4 Å². The lowest BCUT2D eigenvalue weighted by atomic mass is 9.99. The van der Waals surface area contributed by atoms with Crippen LogP contribution in [0.2, 0.25) is 0 Å². The van der Waals surface area contributed by atoms with Gasteiger partial charge in [-0.05, 0) is 43.7 Å². The Kier molecular flexibility index (Phi) is 5.13. The van der Waals surface area contributed by atoms with Crippen molar-refractivity contribution in [1.82, 2.24) is 10.6 Å². The molecule has 5 nitrogen and oxygen atoms in total. The Morgan fingerprint density at radius 1 is 1.26 bits per heavy atom. The fourth-order valence-corrected chi connectivity index (χ4v) is 4.30. The molecule has 1 aromatic heterocycles. The van der Waals surface area contributed by atoms with Crippen LogP contribution in [0, 0.1) is 5.92 Å². The number of nitrogens with one attached hydrogen (secondary N) is 2. The first-order valence-corrected chi connectivity index (χ1v) is 8.95. The van der Waals surface area contributed by atoms with Gasteiger partial charge in [-0.2, -0.15) is 0 Å². The lowest BCUT2D eigenvalue weighted by molar-refractivity contribution is -0.120. The van der Waals surface area contributed by atoms with Crippen molar-refractivity contribution in [2.24, 2.45) is 5.92 Å². The highest BCUT2D eigenvalue weighted by molar-refractivity contribution is 7.14. The zero-order chi connectivity index (χ0) is 16.2. The molecule has 0 aliphatic heterocycles. The second kappa shape index (κ2) is 7.27. The summed E-state index contributed by atoms with van der Waals surface area (Å²) in [5, 5.41) is 14.6. The summed E-state index contributed by atoms with van der Waals surface area (Å²) < 4.78 is 0. The van der Waals surface area contributed by atoms with Crippen molar-refractivity contribution in [3.63, 3.8) is 0 Å². The molecule has 1 aromatic rings. The highest BCUT2D eigenvalue weighted by Gasteiger charge is 2.21. The predicted octanol–water partition coefficient (Wildman–Crippen LogP) is 1.41. The molecule has 0 spiro atoms. The minimum atomic E-state index is -0.201. The van der Waals surface area contributed by atoms with Gasteiger partial charge in [0.15, 0.2) is 0 Å². The molecule has 2 aliphatic carbocycles. The average molecular weight is 334 g/mol. The summed E-state index contributed by atoms with van der Waals surface area (Å²) in [6, 6.07) is 1.92. The zero-order valence-corrected chi connectivity index (χ0v) is 13.8. The summed E-state index contributed by atoms with van der Waals surface area (Å²) >= 11 is 1.55. The Morgan fingerprint density at radius 2 is 2.09 bits per heavy atom. The maximum atomic E-state index is 12.2. The van der Waals surface area contributed by atoms with Crippen LogP contribution >= 0.6 is 11.3 Å². The van der Waals surface area contributed by atoms with Crippen molar-refractivity contribution in [3.05, 3.63) is 33.5 Å². The maximum Gasteiger partial charge on any atom is 0.261 e. The highest BCUT2D eigenvalue weighted by Crippen LogP contribution is 2.29. The summed E-state index contributed by atoms with van der Waals surface area (Å²) in [5.41, 5.74) is 1.29. The number of carbonyl (C=O) groups excluding carboxylic acids is 2. The molecule has 0 saturated carbocycles. The average Bonchev–Trinajstić information content (AvgIpc) is 3.18. The van der Waals surface area contributed by atoms with Crippen LogP contribution in [0.4, 0.5) is 0 Å². The molecule has 3 N–H and O–H groups in total. The van der Waals surface area contributed by atoms with E-state index < -0.39 is 0 Å². The van der Waals surface area contributed by atoms with Gasteiger partial charge in [-0.1, -0.05) is 12.2 Å². The fraction of sp³-hybridized carbons (Fsp3) is 0.529. The molecule has 0 unspecified atom stereocenters. The van der Waals surface area contributed by atoms with E-state index in [0.29, 0.717) is 11.3 Å². The van der Waals surface area contributed by atoms with Gasteiger partial charge in [0.05, 0.1) is 11.4 Å². The first-order chi connectivity index (χ1) is 11.2. The smallest absolute Gasteiger partial charge is 0.261 e. The lowest BCUT2D eigenvalue weighted by Crippen LogP contribution is -2.40. The Bertz CT molecular complexity index is 600. The van der Waals surface area contributed by atoms with Crippen molar-refractivity contribution in [2.75, 3.05) is 13.2 Å². The van der Waals surface area contributed by atoms with Crippen LogP contribution in [0.5, 0.6) is 0 Å². The van der Waals surface area contributed by atoms with Crippen molar-refractivity contribution in [3.8, 4) is 0 Å². The quantitative estimate of drug-likeness (QED) is 0.713. The van der Waals surface area contributed by atoms with Gasteiger partial charge in [-0.3, -0.25) is 9.59 Å². The van der Waals surface area contributed by atoms with Gasteiger partial charge in [0, 0.05) is 23.4 Å². The van der Waals surface area contributed by atoms with E-state index in [1.807, 2.05) is 18.2 Å². The summed E-state index contributed by atoms with van der Waals surface area (Å²) in [6.07, 6.45) is 9.03. The monoisotopic (exact) mass is 334 g/mol. The molecule has 23 heavy (non-hydrogen) atoms. The van der Waals surface area contributed by atoms with Crippen LogP contribution in [-0.2, 0) is 17.6 Å². The SMILES string of the molecule is O=C(CNC(=O)c1cc2c(s1)CCCC2)N[C@@H]1C=C[C@H](CO)C1. The van der Waals surface area contributed by atoms with Crippen LogP contribution in [-0.4, -0.2) is 36.1 Å². The third-order valence-corrected chi connectivity index (χ3v) is 5.62. The van der Waals surface area contributed by atoms with Crippen molar-refractivity contribution in [1.29, 1.82) is 0 Å². The Hall–Kier alpha value is -1.66. The first kappa shape index (κ1) is 16.2. The van der Waals surface area contributed by atoms with E-state index in [-0.39, 0.29) is 36.9 Å². The fourth-order valence-electron chi connectivity index (χ4n) is 3.13. The number of aryl methyl sites for hydroxylation is 2. The molecule has 6 heteroatoms. The molecular weight excluding hydrogens is 312 g/mol. The Labute approximate surface area is 139 Å². The lowest BCUT2D eigenvalue weighted by Gasteiger charge is -2.12. The summed E-state index contributed by atoms with van der Waals surface area (Å²) in [7, 11) is 0. The molecule has 1 heterocycles. The summed E-state index contributed by atoms with van der Waals surface area (Å²) in [4.78, 5) is 26.1. The molecule has 3 rings (SSSR count). The van der Waals surface area contributed by atoms with E-state index in [4.69, 9.17) is 5.11 Å². The molecule has 0 saturated heterocycles. The van der Waals surface area contributed by atoms with Crippen molar-refractivity contribution in [2.45, 2.75) is 38.1 Å². The summed E-state index contributed by atoms with van der Waals surface area (Å²) in [5.74, 6) is -0.255. The van der Waals surface area contributed by atoms with E-state index in [0.717, 1.165) is 12.8 Å². The highest BCUT2D eigenvalue weighted by atomic mass is 32.1. The van der Waals surface area contributed by atoms with Crippen LogP contribution < -0.4 is 10.6 Å². The maximum absolute atomic E-state index is 12.2. The molecule has 2 atom stereocenters. The third kappa shape index (κ3) is 4.00. The largest absolute Gasteiger partial charge is 0.396 e. The molecule has 2 aliphatic rings. The minimum absolute atomic E-state index is 0.0183. The van der Waals surface area contributed by atoms with E-state index >= 15 is 0 Å². The summed E-state index contributed by atoms with van der Waals surface area (Å²) in [6.45, 7) is 0.0815. The molecule has 0 radical (unpaired) electrons. The third-order valence-electron chi connectivity index (χ3n) is 4.38. The topological polar surface area (TPSA) is 78.4 Å². The van der Waals surface area contributed by atoms with E-state index in [1.54, 1.807) is 11.3 Å². The van der Waals surface area contributed by atoms with Gasteiger partial charge < -0.3 is 15.7 Å². The molecule has 2 amide bonds. The number of amides is 2. The molecule has 124 valence electrons. The standard InChI is InChI=1S/C17H22N2O3S/c20-10-11-5-6-13(7-11)19-16(21)9-18-17(22)15-8-12-3-1-2-4-14(12)23-15/h5-6,8,11,13,20H,1-4,7,9-10H2,(H,18,22)(H,19,21)/t11-,13+/m0/s1. The van der Waals surface area contributed by atoms with E-state index in [9.17, 15) is 9.59 Å². The van der Waals surface area contributed by atoms with Crippen LogP contribution in [0.15, 0.2) is 18.2 Å². The van der Waals surface area contributed by atoms with Crippen molar-refractivity contribution < 1.29 is 14.7 Å². The van der Waals surface area contributed by atoms with Crippen molar-refractivity contribution >= 4 is 23.2 Å². The van der Waals surface area contributed by atoms with Crippen LogP contribution in [0.3, 0.4) is 0 Å². The van der Waals surface area contributed by atoms with E-state index in [1.165, 1.54) is 23.3 Å². The van der Waals surface area contributed by atoms with Gasteiger partial charge >= 0.3 is 0 Å². The number of hydrogen-bond acceptors (Lipinski definition) is 4. The number of fused-ring (bicyclic) bond motifs is 1. The van der Waals surface area contributed by atoms with Gasteiger partial charge in [-0.25, -0.2) is 0 Å². The van der Waals surface area contributed by atoms with Crippen LogP contribution in [0.25, 0.3) is 0 Å². The second-order valence-corrected chi connectivity index (χ2v) is 7.32. The molecular formula is C17H22N2O3S. The zero-order valence-electron chi connectivity index (χ0n) is 13.0. The van der Waals surface area contributed by atoms with Gasteiger partial charge in [0.25, 0.3) is 5.91 Å². The number of rotatable bonds is 5. The Morgan fingerprint density at radius 3 is 2.83 bits per heavy atom. The number of aliphatic hydroxyl groups is 1. The van der Waals surface area contributed by atoms with Gasteiger partial charge in [0.2, 0.25) is 5.91 Å². The van der Waals surface area contributed by atoms with E-state index in [2.05, 4.69) is 10.6 Å². The van der Waals surface area contributed by atoms with Gasteiger partial charge in [0.1, 0.15) is 0 Å². The second-order valence-electron chi connectivity index (χ2n) is 6.19. The molecule has 0 fully saturated rings. The predicted molar refractivity (Wildman–Crippen MR) is 89.6 cm³/mol. The Balaban J connectivity index is 1.46. The minimum Gasteiger partial charge on any atom is -0.396 e.